The number of hydrogen-bond acceptors (Lipinski definition) is 4. The van der Waals surface area contributed by atoms with Crippen molar-refractivity contribution in [2.24, 2.45) is 0 Å². The van der Waals surface area contributed by atoms with Crippen LogP contribution in [0.5, 0.6) is 0 Å². The molecule has 2 unspecified atom stereocenters. The summed E-state index contributed by atoms with van der Waals surface area (Å²) < 4.78 is 5.08. The largest absolute Gasteiger partial charge is 0.464 e. The molecule has 0 aromatic carbocycles. The lowest BCUT2D eigenvalue weighted by molar-refractivity contribution is -0.143. The normalized spacial score (nSPS) is 30.0. The van der Waals surface area contributed by atoms with Crippen molar-refractivity contribution in [3.05, 3.63) is 0 Å². The van der Waals surface area contributed by atoms with Crippen molar-refractivity contribution in [2.75, 3.05) is 19.7 Å². The second kappa shape index (κ2) is 5.83. The lowest BCUT2D eigenvalue weighted by Gasteiger charge is -2.35. The topological polar surface area (TPSA) is 41.6 Å². The number of nitrogens with zero attached hydrogens (tertiary/aromatic N) is 1. The van der Waals surface area contributed by atoms with Crippen LogP contribution in [-0.2, 0) is 9.53 Å². The number of hydrogen-bond donors (Lipinski definition) is 1. The molecule has 4 nitrogen and oxygen atoms in total. The van der Waals surface area contributed by atoms with Crippen molar-refractivity contribution < 1.29 is 9.53 Å². The zero-order chi connectivity index (χ0) is 12.3. The van der Waals surface area contributed by atoms with Crippen molar-refractivity contribution in [1.29, 1.82) is 0 Å². The molecular formula is C13H24N2O2. The fourth-order valence-corrected chi connectivity index (χ4v) is 2.82. The molecule has 0 aliphatic carbocycles. The molecule has 2 aliphatic heterocycles. The average Bonchev–Trinajstić information content (AvgIpc) is 2.73. The van der Waals surface area contributed by atoms with Crippen LogP contribution in [0.15, 0.2) is 0 Å². The van der Waals surface area contributed by atoms with E-state index < -0.39 is 0 Å². The van der Waals surface area contributed by atoms with Gasteiger partial charge in [0.15, 0.2) is 0 Å². The van der Waals surface area contributed by atoms with Crippen LogP contribution in [0.25, 0.3) is 0 Å². The molecule has 0 saturated carbocycles. The Morgan fingerprint density at radius 1 is 1.41 bits per heavy atom. The summed E-state index contributed by atoms with van der Waals surface area (Å²) in [5.41, 5.74) is 0. The second-order valence-electron chi connectivity index (χ2n) is 5.41. The minimum absolute atomic E-state index is 0.0151. The minimum Gasteiger partial charge on any atom is -0.464 e. The highest BCUT2D eigenvalue weighted by Gasteiger charge is 2.34. The Labute approximate surface area is 104 Å². The summed E-state index contributed by atoms with van der Waals surface area (Å²) in [5.74, 6) is -0.0329. The summed E-state index contributed by atoms with van der Waals surface area (Å²) in [6.45, 7) is 7.00. The molecule has 0 spiro atoms. The molecule has 2 saturated heterocycles. The van der Waals surface area contributed by atoms with Gasteiger partial charge in [-0.3, -0.25) is 9.69 Å². The highest BCUT2D eigenvalue weighted by atomic mass is 16.5. The third-order valence-electron chi connectivity index (χ3n) is 3.81. The molecule has 2 aliphatic rings. The van der Waals surface area contributed by atoms with Crippen molar-refractivity contribution in [2.45, 2.75) is 57.7 Å². The molecule has 17 heavy (non-hydrogen) atoms. The number of nitrogens with one attached hydrogen (secondary N) is 1. The predicted molar refractivity (Wildman–Crippen MR) is 66.8 cm³/mol. The van der Waals surface area contributed by atoms with Gasteiger partial charge in [-0.2, -0.15) is 0 Å². The molecule has 2 heterocycles. The Morgan fingerprint density at radius 3 is 2.76 bits per heavy atom. The van der Waals surface area contributed by atoms with E-state index in [1.165, 1.54) is 19.3 Å². The van der Waals surface area contributed by atoms with Gasteiger partial charge in [-0.1, -0.05) is 6.42 Å². The zero-order valence-corrected chi connectivity index (χ0v) is 10.9. The molecule has 0 bridgehead atoms. The quantitative estimate of drug-likeness (QED) is 0.749. The highest BCUT2D eigenvalue weighted by molar-refractivity contribution is 5.77. The van der Waals surface area contributed by atoms with E-state index in [9.17, 15) is 4.79 Å². The molecule has 0 radical (unpaired) electrons. The molecule has 0 amide bonds. The van der Waals surface area contributed by atoms with Gasteiger partial charge in [-0.25, -0.2) is 0 Å². The van der Waals surface area contributed by atoms with Crippen molar-refractivity contribution in [3.63, 3.8) is 0 Å². The van der Waals surface area contributed by atoms with Gasteiger partial charge in [0.25, 0.3) is 0 Å². The van der Waals surface area contributed by atoms with E-state index in [1.54, 1.807) is 0 Å². The van der Waals surface area contributed by atoms with Crippen molar-refractivity contribution in [3.8, 4) is 0 Å². The summed E-state index contributed by atoms with van der Waals surface area (Å²) in [5, 5.41) is 3.55. The maximum Gasteiger partial charge on any atom is 0.323 e. The van der Waals surface area contributed by atoms with Gasteiger partial charge in [-0.05, 0) is 33.2 Å². The number of rotatable bonds is 4. The molecule has 2 fully saturated rings. The third-order valence-corrected chi connectivity index (χ3v) is 3.81. The van der Waals surface area contributed by atoms with Crippen LogP contribution in [0.3, 0.4) is 0 Å². The van der Waals surface area contributed by atoms with Gasteiger partial charge >= 0.3 is 5.97 Å². The van der Waals surface area contributed by atoms with Crippen LogP contribution in [-0.4, -0.2) is 48.7 Å². The lowest BCUT2D eigenvalue weighted by atomic mass is 10.0. The molecule has 2 atom stereocenters. The maximum absolute atomic E-state index is 11.7. The summed E-state index contributed by atoms with van der Waals surface area (Å²) in [4.78, 5) is 14.0. The van der Waals surface area contributed by atoms with Crippen LogP contribution in [0, 0.1) is 0 Å². The van der Waals surface area contributed by atoms with E-state index in [2.05, 4.69) is 24.1 Å². The Kier molecular flexibility index (Phi) is 4.40. The van der Waals surface area contributed by atoms with E-state index in [-0.39, 0.29) is 12.0 Å². The summed E-state index contributed by atoms with van der Waals surface area (Å²) in [6.07, 6.45) is 4.66. The van der Waals surface area contributed by atoms with Gasteiger partial charge in [0, 0.05) is 25.0 Å². The minimum atomic E-state index is -0.0329. The van der Waals surface area contributed by atoms with E-state index in [1.807, 2.05) is 0 Å². The van der Waals surface area contributed by atoms with E-state index >= 15 is 0 Å². The smallest absolute Gasteiger partial charge is 0.323 e. The third kappa shape index (κ3) is 3.19. The van der Waals surface area contributed by atoms with E-state index in [4.69, 9.17) is 4.74 Å². The molecule has 0 aromatic heterocycles. The van der Waals surface area contributed by atoms with E-state index in [0.29, 0.717) is 18.7 Å². The van der Waals surface area contributed by atoms with Crippen LogP contribution in [0.4, 0.5) is 0 Å². The Balaban J connectivity index is 1.94. The van der Waals surface area contributed by atoms with Gasteiger partial charge < -0.3 is 10.1 Å². The second-order valence-corrected chi connectivity index (χ2v) is 5.41. The number of cyclic esters (lactones) is 1. The van der Waals surface area contributed by atoms with Gasteiger partial charge in [-0.15, -0.1) is 0 Å². The molecule has 98 valence electrons. The van der Waals surface area contributed by atoms with E-state index in [0.717, 1.165) is 19.5 Å². The summed E-state index contributed by atoms with van der Waals surface area (Å²) in [6, 6.07) is 0.924. The van der Waals surface area contributed by atoms with Crippen LogP contribution < -0.4 is 5.32 Å². The first kappa shape index (κ1) is 12.8. The van der Waals surface area contributed by atoms with Gasteiger partial charge in [0.05, 0.1) is 6.61 Å². The summed E-state index contributed by atoms with van der Waals surface area (Å²) in [7, 11) is 0. The number of carbonyl (C=O) groups excluding carboxylic acids is 1. The molecule has 2 rings (SSSR count). The monoisotopic (exact) mass is 240 g/mol. The molecule has 1 N–H and O–H groups in total. The molecule has 0 aromatic rings. The number of carbonyl (C=O) groups is 1. The zero-order valence-electron chi connectivity index (χ0n) is 10.9. The first-order chi connectivity index (χ1) is 8.18. The number of ether oxygens (including phenoxy) is 1. The Hall–Kier alpha value is -0.610. The highest BCUT2D eigenvalue weighted by Crippen LogP contribution is 2.19. The molecular weight excluding hydrogens is 216 g/mol. The first-order valence-electron chi connectivity index (χ1n) is 6.84. The number of piperidine rings is 1. The fourth-order valence-electron chi connectivity index (χ4n) is 2.82. The fraction of sp³-hybridized carbons (Fsp3) is 0.923. The Bertz CT molecular complexity index is 262. The first-order valence-corrected chi connectivity index (χ1v) is 6.84. The van der Waals surface area contributed by atoms with Crippen LogP contribution >= 0.6 is 0 Å². The SMILES string of the molecule is CC(C)N(CC1CCCCN1)C1CCOC1=O. The van der Waals surface area contributed by atoms with Crippen molar-refractivity contribution in [1.82, 2.24) is 10.2 Å². The van der Waals surface area contributed by atoms with Crippen LogP contribution in [0.1, 0.15) is 39.5 Å². The van der Waals surface area contributed by atoms with Gasteiger partial charge in [0.1, 0.15) is 6.04 Å². The van der Waals surface area contributed by atoms with Gasteiger partial charge in [0.2, 0.25) is 0 Å². The standard InChI is InChI=1S/C13H24N2O2/c1-10(2)15(12-6-8-17-13(12)16)9-11-5-3-4-7-14-11/h10-12,14H,3-9H2,1-2H3. The predicted octanol–water partition coefficient (Wildman–Crippen LogP) is 1.15. The maximum atomic E-state index is 11.7. The Morgan fingerprint density at radius 2 is 2.24 bits per heavy atom. The molecule has 4 heteroatoms. The van der Waals surface area contributed by atoms with Crippen molar-refractivity contribution >= 4 is 5.97 Å². The summed E-state index contributed by atoms with van der Waals surface area (Å²) >= 11 is 0. The lowest BCUT2D eigenvalue weighted by Crippen LogP contribution is -2.51. The average molecular weight is 240 g/mol. The van der Waals surface area contributed by atoms with Crippen LogP contribution in [0.2, 0.25) is 0 Å². The number of esters is 1.